The van der Waals surface area contributed by atoms with Gasteiger partial charge in [-0.25, -0.2) is 0 Å². The number of aromatic amines is 1. The van der Waals surface area contributed by atoms with E-state index in [4.69, 9.17) is 0 Å². The van der Waals surface area contributed by atoms with Crippen molar-refractivity contribution in [3.63, 3.8) is 0 Å². The van der Waals surface area contributed by atoms with E-state index < -0.39 is 5.92 Å². The number of hydrogen-bond donors (Lipinski definition) is 3. The zero-order valence-corrected chi connectivity index (χ0v) is 16.4. The van der Waals surface area contributed by atoms with E-state index in [1.165, 1.54) is 0 Å². The van der Waals surface area contributed by atoms with Crippen molar-refractivity contribution in [3.05, 3.63) is 51.8 Å². The van der Waals surface area contributed by atoms with Crippen molar-refractivity contribution in [2.45, 2.75) is 38.6 Å². The lowest BCUT2D eigenvalue weighted by Crippen LogP contribution is -2.41. The van der Waals surface area contributed by atoms with Crippen LogP contribution >= 0.6 is 0 Å². The van der Waals surface area contributed by atoms with Gasteiger partial charge in [-0.15, -0.1) is 0 Å². The van der Waals surface area contributed by atoms with Crippen LogP contribution in [0.5, 0.6) is 0 Å². The number of piperidine rings is 1. The first-order chi connectivity index (χ1) is 14.0. The number of carbonyl (C=O) groups is 2. The summed E-state index contributed by atoms with van der Waals surface area (Å²) in [6.45, 7) is 4.15. The third-order valence-corrected chi connectivity index (χ3v) is 5.65. The molecule has 0 spiro atoms. The van der Waals surface area contributed by atoms with E-state index in [2.05, 4.69) is 27.5 Å². The van der Waals surface area contributed by atoms with Crippen molar-refractivity contribution < 1.29 is 9.59 Å². The van der Waals surface area contributed by atoms with Gasteiger partial charge in [-0.1, -0.05) is 37.3 Å². The molecular formula is C21H25N5O3. The summed E-state index contributed by atoms with van der Waals surface area (Å²) in [6, 6.07) is 9.49. The summed E-state index contributed by atoms with van der Waals surface area (Å²) in [6.07, 6.45) is 1.98. The van der Waals surface area contributed by atoms with Crippen LogP contribution < -0.4 is 21.1 Å². The van der Waals surface area contributed by atoms with Gasteiger partial charge in [-0.05, 0) is 24.3 Å². The number of fused-ring (bicyclic) bond motifs is 1. The number of anilines is 2. The van der Waals surface area contributed by atoms with E-state index in [-0.39, 0.29) is 35.2 Å². The standard InChI is InChI=1S/C21H25N5O3/c1-13-7-9-26(10-8-13)21-24-18-17(20(29)25-21)15(11-16(27)23-18)19(28)22-12-14-5-3-2-4-6-14/h2-6,13,15H,7-12H2,1H3,(H,22,28)(H2,23,24,25,27,29)/t15-/m0/s1. The fourth-order valence-corrected chi connectivity index (χ4v) is 3.86. The Morgan fingerprint density at radius 3 is 2.66 bits per heavy atom. The Morgan fingerprint density at radius 2 is 1.93 bits per heavy atom. The van der Waals surface area contributed by atoms with E-state index in [9.17, 15) is 14.4 Å². The number of amides is 2. The van der Waals surface area contributed by atoms with Crippen molar-refractivity contribution in [2.75, 3.05) is 23.3 Å². The molecule has 2 aromatic rings. The van der Waals surface area contributed by atoms with E-state index in [0.29, 0.717) is 18.4 Å². The summed E-state index contributed by atoms with van der Waals surface area (Å²) in [5.74, 6) is -0.225. The minimum absolute atomic E-state index is 0.0705. The van der Waals surface area contributed by atoms with Crippen LogP contribution in [0.3, 0.4) is 0 Å². The highest BCUT2D eigenvalue weighted by Crippen LogP contribution is 2.30. The lowest BCUT2D eigenvalue weighted by atomic mass is 9.92. The average Bonchev–Trinajstić information content (AvgIpc) is 2.72. The number of nitrogens with zero attached hydrogens (tertiary/aromatic N) is 2. The molecule has 4 rings (SSSR count). The van der Waals surface area contributed by atoms with Gasteiger partial charge in [0.05, 0.1) is 11.5 Å². The van der Waals surface area contributed by atoms with Gasteiger partial charge in [-0.3, -0.25) is 19.4 Å². The molecule has 8 nitrogen and oxygen atoms in total. The quantitative estimate of drug-likeness (QED) is 0.731. The molecule has 1 atom stereocenters. The highest BCUT2D eigenvalue weighted by molar-refractivity contribution is 6.00. The van der Waals surface area contributed by atoms with Crippen LogP contribution in [0.25, 0.3) is 0 Å². The second-order valence-electron chi connectivity index (χ2n) is 7.83. The molecule has 0 saturated carbocycles. The molecule has 0 unspecified atom stereocenters. The summed E-state index contributed by atoms with van der Waals surface area (Å²) in [7, 11) is 0. The topological polar surface area (TPSA) is 107 Å². The summed E-state index contributed by atoms with van der Waals surface area (Å²) in [4.78, 5) is 47.1. The maximum absolute atomic E-state index is 12.8. The fourth-order valence-electron chi connectivity index (χ4n) is 3.86. The predicted octanol–water partition coefficient (Wildman–Crippen LogP) is 1.75. The van der Waals surface area contributed by atoms with Crippen LogP contribution in [-0.4, -0.2) is 34.9 Å². The summed E-state index contributed by atoms with van der Waals surface area (Å²) in [5.41, 5.74) is 0.802. The van der Waals surface area contributed by atoms with Gasteiger partial charge in [-0.2, -0.15) is 4.98 Å². The number of H-pyrrole nitrogens is 1. The predicted molar refractivity (Wildman–Crippen MR) is 110 cm³/mol. The third-order valence-electron chi connectivity index (χ3n) is 5.65. The van der Waals surface area contributed by atoms with E-state index in [0.717, 1.165) is 31.5 Å². The van der Waals surface area contributed by atoms with Gasteiger partial charge in [0.1, 0.15) is 5.82 Å². The fraction of sp³-hybridized carbons (Fsp3) is 0.429. The number of nitrogens with one attached hydrogen (secondary N) is 3. The Morgan fingerprint density at radius 1 is 1.21 bits per heavy atom. The lowest BCUT2D eigenvalue weighted by molar-refractivity contribution is -0.126. The summed E-state index contributed by atoms with van der Waals surface area (Å²) < 4.78 is 0. The van der Waals surface area contributed by atoms with Crippen LogP contribution in [-0.2, 0) is 16.1 Å². The SMILES string of the molecule is CC1CCN(c2nc3c(c(=O)[nH]2)[C@@H](C(=O)NCc2ccccc2)CC(=O)N3)CC1. The zero-order valence-electron chi connectivity index (χ0n) is 16.4. The molecule has 29 heavy (non-hydrogen) atoms. The Balaban J connectivity index is 1.56. The Kier molecular flexibility index (Phi) is 5.33. The van der Waals surface area contributed by atoms with E-state index >= 15 is 0 Å². The number of aromatic nitrogens is 2. The van der Waals surface area contributed by atoms with E-state index in [1.54, 1.807) is 0 Å². The molecule has 152 valence electrons. The van der Waals surface area contributed by atoms with E-state index in [1.807, 2.05) is 35.2 Å². The third kappa shape index (κ3) is 4.16. The molecule has 2 aliphatic heterocycles. The van der Waals surface area contributed by atoms with Gasteiger partial charge in [0.2, 0.25) is 17.8 Å². The first-order valence-corrected chi connectivity index (χ1v) is 10.0. The number of benzene rings is 1. The first-order valence-electron chi connectivity index (χ1n) is 10.0. The van der Waals surface area contributed by atoms with Crippen molar-refractivity contribution in [3.8, 4) is 0 Å². The molecule has 1 aromatic heterocycles. The molecule has 0 aliphatic carbocycles. The Bertz CT molecular complexity index is 964. The van der Waals surface area contributed by atoms with Crippen molar-refractivity contribution in [1.82, 2.24) is 15.3 Å². The van der Waals surface area contributed by atoms with Gasteiger partial charge in [0.15, 0.2) is 0 Å². The number of rotatable bonds is 4. The monoisotopic (exact) mass is 395 g/mol. The van der Waals surface area contributed by atoms with Crippen molar-refractivity contribution >= 4 is 23.6 Å². The molecule has 0 radical (unpaired) electrons. The molecule has 2 amide bonds. The molecule has 0 bridgehead atoms. The first kappa shape index (κ1) is 19.2. The average molecular weight is 395 g/mol. The zero-order chi connectivity index (χ0) is 20.4. The van der Waals surface area contributed by atoms with Gasteiger partial charge in [0, 0.05) is 26.1 Å². The largest absolute Gasteiger partial charge is 0.351 e. The molecule has 1 aromatic carbocycles. The Labute approximate surface area is 168 Å². The number of carbonyl (C=O) groups excluding carboxylic acids is 2. The summed E-state index contributed by atoms with van der Waals surface area (Å²) in [5, 5.41) is 5.50. The maximum atomic E-state index is 12.8. The van der Waals surface area contributed by atoms with Crippen LogP contribution in [0.4, 0.5) is 11.8 Å². The van der Waals surface area contributed by atoms with Crippen LogP contribution in [0.2, 0.25) is 0 Å². The van der Waals surface area contributed by atoms with Gasteiger partial charge >= 0.3 is 0 Å². The minimum atomic E-state index is -0.853. The van der Waals surface area contributed by atoms with Crippen LogP contribution in [0.1, 0.15) is 43.2 Å². The van der Waals surface area contributed by atoms with Crippen LogP contribution in [0.15, 0.2) is 35.1 Å². The smallest absolute Gasteiger partial charge is 0.258 e. The van der Waals surface area contributed by atoms with Gasteiger partial charge < -0.3 is 15.5 Å². The van der Waals surface area contributed by atoms with Crippen molar-refractivity contribution in [2.24, 2.45) is 5.92 Å². The highest BCUT2D eigenvalue weighted by atomic mass is 16.2. The molecule has 3 heterocycles. The molecule has 1 fully saturated rings. The molecule has 1 saturated heterocycles. The molecule has 3 N–H and O–H groups in total. The minimum Gasteiger partial charge on any atom is -0.351 e. The highest BCUT2D eigenvalue weighted by Gasteiger charge is 2.35. The normalized spacial score (nSPS) is 19.4. The number of hydrogen-bond acceptors (Lipinski definition) is 5. The second-order valence-corrected chi connectivity index (χ2v) is 7.83. The lowest BCUT2D eigenvalue weighted by Gasteiger charge is -2.31. The van der Waals surface area contributed by atoms with Gasteiger partial charge in [0.25, 0.3) is 5.56 Å². The molecular weight excluding hydrogens is 370 g/mol. The van der Waals surface area contributed by atoms with Crippen LogP contribution in [0, 0.1) is 5.92 Å². The molecule has 8 heteroatoms. The van der Waals surface area contributed by atoms with Crippen molar-refractivity contribution in [1.29, 1.82) is 0 Å². The second kappa shape index (κ2) is 8.06. The summed E-state index contributed by atoms with van der Waals surface area (Å²) >= 11 is 0. The maximum Gasteiger partial charge on any atom is 0.258 e. The molecule has 2 aliphatic rings. The Hall–Kier alpha value is -3.16.